The quantitative estimate of drug-likeness (QED) is 0.746. The minimum atomic E-state index is 0.258. The van der Waals surface area contributed by atoms with Gasteiger partial charge in [-0.3, -0.25) is 4.98 Å². The Kier molecular flexibility index (Phi) is 3.08. The molecule has 0 saturated heterocycles. The van der Waals surface area contributed by atoms with Crippen LogP contribution in [0.2, 0.25) is 5.28 Å². The highest BCUT2D eigenvalue weighted by Crippen LogP contribution is 2.26. The van der Waals surface area contributed by atoms with Gasteiger partial charge in [0.25, 0.3) is 0 Å². The van der Waals surface area contributed by atoms with Crippen LogP contribution in [0.4, 0.5) is 5.82 Å². The molecule has 3 aromatic rings. The summed E-state index contributed by atoms with van der Waals surface area (Å²) in [4.78, 5) is 13.5. The summed E-state index contributed by atoms with van der Waals surface area (Å²) in [5.41, 5.74) is 0.954. The van der Waals surface area contributed by atoms with E-state index in [9.17, 15) is 0 Å². The molecule has 0 aliphatic rings. The highest BCUT2D eigenvalue weighted by Gasteiger charge is 2.07. The second kappa shape index (κ2) is 4.88. The van der Waals surface area contributed by atoms with Crippen molar-refractivity contribution in [3.05, 3.63) is 46.8 Å². The van der Waals surface area contributed by atoms with Crippen molar-refractivity contribution in [1.29, 1.82) is 0 Å². The van der Waals surface area contributed by atoms with Gasteiger partial charge in [-0.1, -0.05) is 6.07 Å². The van der Waals surface area contributed by atoms with Crippen LogP contribution in [0.3, 0.4) is 0 Å². The van der Waals surface area contributed by atoms with Crippen molar-refractivity contribution in [2.45, 2.75) is 6.54 Å². The van der Waals surface area contributed by atoms with Gasteiger partial charge in [-0.05, 0) is 35.2 Å². The van der Waals surface area contributed by atoms with Crippen molar-refractivity contribution < 1.29 is 0 Å². The molecule has 1 N–H and O–H groups in total. The van der Waals surface area contributed by atoms with Crippen molar-refractivity contribution in [1.82, 2.24) is 15.0 Å². The van der Waals surface area contributed by atoms with E-state index in [0.29, 0.717) is 6.54 Å². The summed E-state index contributed by atoms with van der Waals surface area (Å²) in [6.07, 6.45) is 1.77. The van der Waals surface area contributed by atoms with Crippen LogP contribution in [0, 0.1) is 0 Å². The van der Waals surface area contributed by atoms with E-state index in [2.05, 4.69) is 20.3 Å². The number of halogens is 1. The third kappa shape index (κ3) is 2.27. The Balaban J connectivity index is 1.88. The van der Waals surface area contributed by atoms with Gasteiger partial charge in [0.2, 0.25) is 5.28 Å². The molecule has 0 amide bonds. The minimum absolute atomic E-state index is 0.258. The van der Waals surface area contributed by atoms with Crippen molar-refractivity contribution in [2.24, 2.45) is 0 Å². The summed E-state index contributed by atoms with van der Waals surface area (Å²) < 4.78 is 0. The molecule has 4 nitrogen and oxygen atoms in total. The summed E-state index contributed by atoms with van der Waals surface area (Å²) in [5.74, 6) is 0.747. The van der Waals surface area contributed by atoms with E-state index in [4.69, 9.17) is 11.6 Å². The smallest absolute Gasteiger partial charge is 0.225 e. The molecule has 3 heterocycles. The summed E-state index contributed by atoms with van der Waals surface area (Å²) in [6, 6.07) is 7.79. The Morgan fingerprint density at radius 1 is 1.22 bits per heavy atom. The van der Waals surface area contributed by atoms with Crippen molar-refractivity contribution in [3.8, 4) is 0 Å². The van der Waals surface area contributed by atoms with Crippen molar-refractivity contribution in [3.63, 3.8) is 0 Å². The van der Waals surface area contributed by atoms with Crippen LogP contribution in [-0.2, 0) is 6.54 Å². The number of pyridine rings is 1. The lowest BCUT2D eigenvalue weighted by atomic mass is 10.3. The van der Waals surface area contributed by atoms with E-state index in [1.54, 1.807) is 17.5 Å². The number of nitrogens with zero attached hydrogens (tertiary/aromatic N) is 3. The molecule has 90 valence electrons. The SMILES string of the molecule is Clc1nc(NCc2ccccn2)c2ccsc2n1. The lowest BCUT2D eigenvalue weighted by Crippen LogP contribution is -2.03. The number of nitrogens with one attached hydrogen (secondary N) is 1. The van der Waals surface area contributed by atoms with Gasteiger partial charge in [-0.2, -0.15) is 0 Å². The fourth-order valence-corrected chi connectivity index (χ4v) is 2.62. The molecule has 0 aliphatic carbocycles. The number of anilines is 1. The first-order valence-corrected chi connectivity index (χ1v) is 6.63. The topological polar surface area (TPSA) is 50.7 Å². The van der Waals surface area contributed by atoms with E-state index in [1.807, 2.05) is 29.6 Å². The fraction of sp³-hybridized carbons (Fsp3) is 0.0833. The number of aromatic nitrogens is 3. The molecular formula is C12H9ClN4S. The molecule has 0 spiro atoms. The molecule has 0 aliphatic heterocycles. The maximum absolute atomic E-state index is 5.89. The molecule has 3 rings (SSSR count). The van der Waals surface area contributed by atoms with Crippen LogP contribution in [0.5, 0.6) is 0 Å². The average Bonchev–Trinajstić information content (AvgIpc) is 2.85. The molecule has 18 heavy (non-hydrogen) atoms. The van der Waals surface area contributed by atoms with Crippen LogP contribution in [-0.4, -0.2) is 15.0 Å². The Morgan fingerprint density at radius 2 is 2.17 bits per heavy atom. The van der Waals surface area contributed by atoms with Gasteiger partial charge in [0.1, 0.15) is 10.6 Å². The number of thiophene rings is 1. The van der Waals surface area contributed by atoms with Crippen LogP contribution in [0.15, 0.2) is 35.8 Å². The van der Waals surface area contributed by atoms with Crippen LogP contribution >= 0.6 is 22.9 Å². The first-order valence-electron chi connectivity index (χ1n) is 5.37. The van der Waals surface area contributed by atoms with Gasteiger partial charge in [0.15, 0.2) is 0 Å². The summed E-state index contributed by atoms with van der Waals surface area (Å²) in [5, 5.41) is 6.46. The molecule has 0 fully saturated rings. The van der Waals surface area contributed by atoms with Crippen molar-refractivity contribution in [2.75, 3.05) is 5.32 Å². The second-order valence-electron chi connectivity index (χ2n) is 3.66. The molecule has 0 unspecified atom stereocenters. The number of fused-ring (bicyclic) bond motifs is 1. The molecule has 0 radical (unpaired) electrons. The molecule has 0 bridgehead atoms. The normalized spacial score (nSPS) is 10.7. The highest BCUT2D eigenvalue weighted by molar-refractivity contribution is 7.16. The van der Waals surface area contributed by atoms with Crippen molar-refractivity contribution >= 4 is 39.0 Å². The molecule has 0 atom stereocenters. The van der Waals surface area contributed by atoms with E-state index in [1.165, 1.54) is 0 Å². The highest BCUT2D eigenvalue weighted by atomic mass is 35.5. The number of hydrogen-bond donors (Lipinski definition) is 1. The third-order valence-electron chi connectivity index (χ3n) is 2.46. The molecule has 3 aromatic heterocycles. The van der Waals surface area contributed by atoms with Crippen LogP contribution < -0.4 is 5.32 Å². The van der Waals surface area contributed by atoms with Gasteiger partial charge >= 0.3 is 0 Å². The monoisotopic (exact) mass is 276 g/mol. The van der Waals surface area contributed by atoms with Gasteiger partial charge in [0, 0.05) is 6.20 Å². The first-order chi connectivity index (χ1) is 8.83. The fourth-order valence-electron chi connectivity index (χ4n) is 1.64. The number of hydrogen-bond acceptors (Lipinski definition) is 5. The maximum atomic E-state index is 5.89. The van der Waals surface area contributed by atoms with E-state index < -0.39 is 0 Å². The zero-order valence-corrected chi connectivity index (χ0v) is 10.9. The standard InChI is InChI=1S/C12H9ClN4S/c13-12-16-10(9-4-6-18-11(9)17-12)15-7-8-3-1-2-5-14-8/h1-6H,7H2,(H,15,16,17). The van der Waals surface area contributed by atoms with Crippen LogP contribution in [0.1, 0.15) is 5.69 Å². The Morgan fingerprint density at radius 3 is 3.00 bits per heavy atom. The van der Waals surface area contributed by atoms with E-state index >= 15 is 0 Å². The summed E-state index contributed by atoms with van der Waals surface area (Å²) >= 11 is 7.44. The maximum Gasteiger partial charge on any atom is 0.225 e. The lowest BCUT2D eigenvalue weighted by Gasteiger charge is -2.06. The predicted molar refractivity (Wildman–Crippen MR) is 74.0 cm³/mol. The Hall–Kier alpha value is -1.72. The summed E-state index contributed by atoms with van der Waals surface area (Å²) in [6.45, 7) is 0.610. The minimum Gasteiger partial charge on any atom is -0.364 e. The summed E-state index contributed by atoms with van der Waals surface area (Å²) in [7, 11) is 0. The van der Waals surface area contributed by atoms with Gasteiger partial charge in [-0.25, -0.2) is 9.97 Å². The number of rotatable bonds is 3. The predicted octanol–water partition coefficient (Wildman–Crippen LogP) is 3.35. The van der Waals surface area contributed by atoms with Crippen LogP contribution in [0.25, 0.3) is 10.2 Å². The molecule has 0 aromatic carbocycles. The first kappa shape index (κ1) is 11.4. The van der Waals surface area contributed by atoms with E-state index in [0.717, 1.165) is 21.7 Å². The Labute approximate surface area is 113 Å². The molecule has 0 saturated carbocycles. The second-order valence-corrected chi connectivity index (χ2v) is 4.89. The average molecular weight is 277 g/mol. The molecular weight excluding hydrogens is 268 g/mol. The lowest BCUT2D eigenvalue weighted by molar-refractivity contribution is 1.03. The third-order valence-corrected chi connectivity index (χ3v) is 3.44. The van der Waals surface area contributed by atoms with Gasteiger partial charge in [-0.15, -0.1) is 11.3 Å². The van der Waals surface area contributed by atoms with E-state index in [-0.39, 0.29) is 5.28 Å². The zero-order valence-electron chi connectivity index (χ0n) is 9.30. The molecule has 6 heteroatoms. The Bertz CT molecular complexity index is 668. The largest absolute Gasteiger partial charge is 0.364 e. The zero-order chi connectivity index (χ0) is 12.4. The van der Waals surface area contributed by atoms with Gasteiger partial charge in [0.05, 0.1) is 17.6 Å². The van der Waals surface area contributed by atoms with Gasteiger partial charge < -0.3 is 5.32 Å².